The molecule has 4 nitrogen and oxygen atoms in total. The van der Waals surface area contributed by atoms with Crippen LogP contribution >= 0.6 is 11.3 Å². The molecule has 1 aromatic carbocycles. The van der Waals surface area contributed by atoms with Crippen molar-refractivity contribution in [3.05, 3.63) is 45.7 Å². The summed E-state index contributed by atoms with van der Waals surface area (Å²) in [5.41, 5.74) is 2.60. The number of hydrogen-bond donors (Lipinski definition) is 1. The van der Waals surface area contributed by atoms with E-state index in [0.717, 1.165) is 6.07 Å². The summed E-state index contributed by atoms with van der Waals surface area (Å²) in [5.74, 6) is -1.15. The van der Waals surface area contributed by atoms with E-state index in [2.05, 4.69) is 10.3 Å². The van der Waals surface area contributed by atoms with E-state index in [-0.39, 0.29) is 17.0 Å². The molecule has 2 rings (SSSR count). The normalized spacial score (nSPS) is 10.3. The summed E-state index contributed by atoms with van der Waals surface area (Å²) in [7, 11) is 0. The summed E-state index contributed by atoms with van der Waals surface area (Å²) in [6.45, 7) is 3.07. The van der Waals surface area contributed by atoms with E-state index in [1.807, 2.05) is 0 Å². The molecule has 0 saturated carbocycles. The molecule has 0 aliphatic heterocycles. The molecule has 1 heterocycles. The minimum Gasteiger partial charge on any atom is -0.320 e. The zero-order valence-corrected chi connectivity index (χ0v) is 11.2. The fourth-order valence-corrected chi connectivity index (χ4v) is 2.32. The zero-order valence-electron chi connectivity index (χ0n) is 10.4. The van der Waals surface area contributed by atoms with E-state index in [1.165, 1.54) is 30.4 Å². The predicted molar refractivity (Wildman–Crippen MR) is 71.2 cm³/mol. The number of ketones is 1. The molecule has 0 saturated heterocycles. The van der Waals surface area contributed by atoms with Gasteiger partial charge in [0.25, 0.3) is 5.91 Å². The van der Waals surface area contributed by atoms with Crippen molar-refractivity contribution < 1.29 is 14.0 Å². The standard InChI is InChI=1S/C13H11FN2O2S/c1-7-12(19-6-15-7)13(18)16-11-5-9(14)3-4-10(11)8(2)17/h3-6H,1-2H3,(H,16,18). The average molecular weight is 278 g/mol. The van der Waals surface area contributed by atoms with Crippen molar-refractivity contribution >= 4 is 28.7 Å². The average Bonchev–Trinajstić information content (AvgIpc) is 2.75. The number of aryl methyl sites for hydroxylation is 1. The number of aromatic nitrogens is 1. The summed E-state index contributed by atoms with van der Waals surface area (Å²) in [5, 5.41) is 2.55. The summed E-state index contributed by atoms with van der Waals surface area (Å²) in [6, 6.07) is 3.67. The highest BCUT2D eigenvalue weighted by molar-refractivity contribution is 7.12. The van der Waals surface area contributed by atoms with Crippen LogP contribution in [0.4, 0.5) is 10.1 Å². The third-order valence-electron chi connectivity index (χ3n) is 2.56. The van der Waals surface area contributed by atoms with Crippen molar-refractivity contribution in [3.63, 3.8) is 0 Å². The first kappa shape index (κ1) is 13.4. The van der Waals surface area contributed by atoms with Crippen molar-refractivity contribution in [3.8, 4) is 0 Å². The number of benzene rings is 1. The fraction of sp³-hybridized carbons (Fsp3) is 0.154. The van der Waals surface area contributed by atoms with Crippen LogP contribution in [0.15, 0.2) is 23.7 Å². The first-order valence-corrected chi connectivity index (χ1v) is 6.39. The van der Waals surface area contributed by atoms with Gasteiger partial charge in [-0.25, -0.2) is 9.37 Å². The number of rotatable bonds is 3. The predicted octanol–water partition coefficient (Wildman–Crippen LogP) is 3.05. The lowest BCUT2D eigenvalue weighted by Gasteiger charge is -2.08. The Hall–Kier alpha value is -2.08. The van der Waals surface area contributed by atoms with Crippen LogP contribution in [0.3, 0.4) is 0 Å². The molecular weight excluding hydrogens is 267 g/mol. The van der Waals surface area contributed by atoms with Gasteiger partial charge in [-0.3, -0.25) is 9.59 Å². The van der Waals surface area contributed by atoms with Gasteiger partial charge in [0.05, 0.1) is 16.9 Å². The zero-order chi connectivity index (χ0) is 14.0. The Kier molecular flexibility index (Phi) is 3.71. The molecule has 0 spiro atoms. The lowest BCUT2D eigenvalue weighted by molar-refractivity contribution is 0.101. The fourth-order valence-electron chi connectivity index (χ4n) is 1.63. The van der Waals surface area contributed by atoms with Gasteiger partial charge in [0.1, 0.15) is 10.7 Å². The molecule has 19 heavy (non-hydrogen) atoms. The summed E-state index contributed by atoms with van der Waals surface area (Å²) in [4.78, 5) is 27.9. The minimum atomic E-state index is -0.513. The van der Waals surface area contributed by atoms with Crippen LogP contribution in [0, 0.1) is 12.7 Å². The molecule has 98 valence electrons. The SMILES string of the molecule is CC(=O)c1ccc(F)cc1NC(=O)c1scnc1C. The lowest BCUT2D eigenvalue weighted by Crippen LogP contribution is -2.14. The Balaban J connectivity index is 2.33. The highest BCUT2D eigenvalue weighted by Crippen LogP contribution is 2.20. The summed E-state index contributed by atoms with van der Waals surface area (Å²) < 4.78 is 13.2. The first-order valence-electron chi connectivity index (χ1n) is 5.51. The van der Waals surface area contributed by atoms with E-state index < -0.39 is 11.7 Å². The number of Topliss-reactive ketones (excluding diaryl/α,β-unsaturated/α-hetero) is 1. The molecule has 6 heteroatoms. The number of hydrogen-bond acceptors (Lipinski definition) is 4. The Labute approximate surface area is 113 Å². The summed E-state index contributed by atoms with van der Waals surface area (Å²) in [6.07, 6.45) is 0. The van der Waals surface area contributed by atoms with Crippen LogP contribution in [0.2, 0.25) is 0 Å². The Bertz CT molecular complexity index is 652. The Morgan fingerprint density at radius 3 is 2.68 bits per heavy atom. The van der Waals surface area contributed by atoms with Crippen LogP contribution in [0.5, 0.6) is 0 Å². The van der Waals surface area contributed by atoms with Crippen molar-refractivity contribution in [1.29, 1.82) is 0 Å². The number of nitrogens with one attached hydrogen (secondary N) is 1. The lowest BCUT2D eigenvalue weighted by atomic mass is 10.1. The smallest absolute Gasteiger partial charge is 0.267 e. The van der Waals surface area contributed by atoms with E-state index >= 15 is 0 Å². The molecule has 0 aliphatic rings. The number of thiazole rings is 1. The van der Waals surface area contributed by atoms with Crippen molar-refractivity contribution in [2.45, 2.75) is 13.8 Å². The van der Waals surface area contributed by atoms with E-state index in [4.69, 9.17) is 0 Å². The van der Waals surface area contributed by atoms with Crippen molar-refractivity contribution in [2.75, 3.05) is 5.32 Å². The maximum atomic E-state index is 13.2. The molecule has 1 amide bonds. The summed E-state index contributed by atoms with van der Waals surface area (Å²) >= 11 is 1.19. The minimum absolute atomic E-state index is 0.172. The maximum Gasteiger partial charge on any atom is 0.267 e. The molecule has 0 bridgehead atoms. The number of halogens is 1. The molecular formula is C13H11FN2O2S. The molecule has 0 unspecified atom stereocenters. The van der Waals surface area contributed by atoms with Crippen LogP contribution in [-0.2, 0) is 0 Å². The van der Waals surface area contributed by atoms with Gasteiger partial charge in [0.2, 0.25) is 0 Å². The largest absolute Gasteiger partial charge is 0.320 e. The van der Waals surface area contributed by atoms with Gasteiger partial charge < -0.3 is 5.32 Å². The van der Waals surface area contributed by atoms with Gasteiger partial charge in [0.15, 0.2) is 5.78 Å². The van der Waals surface area contributed by atoms with Gasteiger partial charge >= 0.3 is 0 Å². The number of nitrogens with zero attached hydrogens (tertiary/aromatic N) is 1. The molecule has 1 aromatic heterocycles. The van der Waals surface area contributed by atoms with E-state index in [9.17, 15) is 14.0 Å². The quantitative estimate of drug-likeness (QED) is 0.878. The van der Waals surface area contributed by atoms with Crippen molar-refractivity contribution in [1.82, 2.24) is 4.98 Å². The topological polar surface area (TPSA) is 59.1 Å². The van der Waals surface area contributed by atoms with Gasteiger partial charge in [-0.2, -0.15) is 0 Å². The highest BCUT2D eigenvalue weighted by Gasteiger charge is 2.15. The number of anilines is 1. The second-order valence-electron chi connectivity index (χ2n) is 3.97. The third-order valence-corrected chi connectivity index (χ3v) is 3.49. The van der Waals surface area contributed by atoms with E-state index in [1.54, 1.807) is 12.4 Å². The number of carbonyl (C=O) groups excluding carboxylic acids is 2. The third kappa shape index (κ3) is 2.85. The Morgan fingerprint density at radius 2 is 2.11 bits per heavy atom. The first-order chi connectivity index (χ1) is 8.99. The van der Waals surface area contributed by atoms with Crippen molar-refractivity contribution in [2.24, 2.45) is 0 Å². The highest BCUT2D eigenvalue weighted by atomic mass is 32.1. The number of carbonyl (C=O) groups is 2. The molecule has 1 N–H and O–H groups in total. The van der Waals surface area contributed by atoms with Crippen LogP contribution in [0.1, 0.15) is 32.6 Å². The molecule has 0 atom stereocenters. The van der Waals surface area contributed by atoms with Gasteiger partial charge in [-0.1, -0.05) is 0 Å². The second-order valence-corrected chi connectivity index (χ2v) is 4.82. The molecule has 0 aliphatic carbocycles. The Morgan fingerprint density at radius 1 is 1.37 bits per heavy atom. The van der Waals surface area contributed by atoms with Gasteiger partial charge in [-0.05, 0) is 32.0 Å². The van der Waals surface area contributed by atoms with Gasteiger partial charge in [-0.15, -0.1) is 11.3 Å². The molecule has 2 aromatic rings. The second kappa shape index (κ2) is 5.27. The molecule has 0 radical (unpaired) electrons. The monoisotopic (exact) mass is 278 g/mol. The van der Waals surface area contributed by atoms with Crippen LogP contribution in [-0.4, -0.2) is 16.7 Å². The van der Waals surface area contributed by atoms with Gasteiger partial charge in [0, 0.05) is 5.56 Å². The van der Waals surface area contributed by atoms with Crippen LogP contribution in [0.25, 0.3) is 0 Å². The molecule has 0 fully saturated rings. The number of amides is 1. The van der Waals surface area contributed by atoms with Crippen LogP contribution < -0.4 is 5.32 Å². The maximum absolute atomic E-state index is 13.2. The van der Waals surface area contributed by atoms with E-state index in [0.29, 0.717) is 10.6 Å².